The van der Waals surface area contributed by atoms with Gasteiger partial charge < -0.3 is 26.6 Å². The van der Waals surface area contributed by atoms with Gasteiger partial charge in [-0.1, -0.05) is 6.42 Å². The third-order valence-corrected chi connectivity index (χ3v) is 4.34. The van der Waals surface area contributed by atoms with Gasteiger partial charge in [-0.25, -0.2) is 0 Å². The molecule has 1 aromatic rings. The van der Waals surface area contributed by atoms with Gasteiger partial charge in [-0.15, -0.1) is 0 Å². The molecule has 0 fully saturated rings. The molecule has 1 heterocycles. The molecule has 0 amide bonds. The number of rotatable bonds is 7. The largest absolute Gasteiger partial charge is 0.484 e. The van der Waals surface area contributed by atoms with E-state index in [1.807, 2.05) is 0 Å². The summed E-state index contributed by atoms with van der Waals surface area (Å²) >= 11 is 0. The summed E-state index contributed by atoms with van der Waals surface area (Å²) in [6.07, 6.45) is 2.08. The maximum atomic E-state index is 11.1. The number of aliphatic hydroxyl groups excluding tert-OH is 1. The number of unbranched alkanes of at least 4 members (excludes halogenated alkanes) is 2. The summed E-state index contributed by atoms with van der Waals surface area (Å²) in [7, 11) is 0. The number of nitro groups is 1. The minimum absolute atomic E-state index is 0.0594. The van der Waals surface area contributed by atoms with E-state index in [0.29, 0.717) is 24.4 Å². The number of benzene rings is 1. The molecule has 0 radical (unpaired) electrons. The maximum absolute atomic E-state index is 11.1. The summed E-state index contributed by atoms with van der Waals surface area (Å²) in [5, 5.41) is 25.0. The molecule has 2 atom stereocenters. The van der Waals surface area contributed by atoms with Crippen LogP contribution >= 0.6 is 0 Å². The van der Waals surface area contributed by atoms with Crippen molar-refractivity contribution in [3.05, 3.63) is 27.8 Å². The molecule has 1 aromatic carbocycles. The first-order chi connectivity index (χ1) is 11.3. The van der Waals surface area contributed by atoms with Crippen LogP contribution in [-0.2, 0) is 0 Å². The van der Waals surface area contributed by atoms with E-state index in [2.05, 4.69) is 5.32 Å². The number of aliphatic hydroxyl groups is 1. The zero-order chi connectivity index (χ0) is 17.9. The molecule has 1 aliphatic rings. The standard InChI is InChI=1S/C16H26N4O4/c1-16(2)15(21)14(19-7-5-3-4-6-17)10-8-11(18)12(20(22)23)9-13(10)24-16/h8-9,14-15,19,21H,3-7,17-18H2,1-2H3. The highest BCUT2D eigenvalue weighted by Gasteiger charge is 2.43. The first-order valence-electron chi connectivity index (χ1n) is 8.16. The van der Waals surface area contributed by atoms with E-state index < -0.39 is 22.7 Å². The van der Waals surface area contributed by atoms with E-state index >= 15 is 0 Å². The first kappa shape index (κ1) is 18.4. The van der Waals surface area contributed by atoms with Crippen LogP contribution in [0.3, 0.4) is 0 Å². The van der Waals surface area contributed by atoms with Crippen molar-refractivity contribution in [2.45, 2.75) is 50.9 Å². The molecule has 2 unspecified atom stereocenters. The second-order valence-electron chi connectivity index (χ2n) is 6.64. The monoisotopic (exact) mass is 338 g/mol. The molecule has 0 bridgehead atoms. The van der Waals surface area contributed by atoms with Crippen LogP contribution in [0, 0.1) is 10.1 Å². The van der Waals surface area contributed by atoms with Gasteiger partial charge in [0, 0.05) is 5.56 Å². The lowest BCUT2D eigenvalue weighted by Gasteiger charge is -2.42. The fourth-order valence-electron chi connectivity index (χ4n) is 2.93. The number of nitro benzene ring substituents is 1. The van der Waals surface area contributed by atoms with Gasteiger partial charge >= 0.3 is 0 Å². The quantitative estimate of drug-likeness (QED) is 0.256. The second-order valence-corrected chi connectivity index (χ2v) is 6.64. The molecule has 0 saturated heterocycles. The fourth-order valence-corrected chi connectivity index (χ4v) is 2.93. The molecule has 24 heavy (non-hydrogen) atoms. The van der Waals surface area contributed by atoms with Crippen molar-refractivity contribution in [2.24, 2.45) is 5.73 Å². The Bertz CT molecular complexity index is 606. The Balaban J connectivity index is 2.27. The van der Waals surface area contributed by atoms with Crippen LogP contribution in [0.25, 0.3) is 0 Å². The number of nitrogen functional groups attached to an aromatic ring is 1. The van der Waals surface area contributed by atoms with Gasteiger partial charge in [0.1, 0.15) is 23.1 Å². The Morgan fingerprint density at radius 3 is 2.71 bits per heavy atom. The van der Waals surface area contributed by atoms with Crippen LogP contribution in [0.4, 0.5) is 11.4 Å². The highest BCUT2D eigenvalue weighted by atomic mass is 16.6. The lowest BCUT2D eigenvalue weighted by Crippen LogP contribution is -2.52. The van der Waals surface area contributed by atoms with Gasteiger partial charge in [-0.2, -0.15) is 0 Å². The van der Waals surface area contributed by atoms with Gasteiger partial charge in [0.25, 0.3) is 5.69 Å². The van der Waals surface area contributed by atoms with E-state index in [0.717, 1.165) is 19.3 Å². The van der Waals surface area contributed by atoms with E-state index in [-0.39, 0.29) is 11.4 Å². The molecule has 1 aliphatic heterocycles. The Morgan fingerprint density at radius 2 is 2.08 bits per heavy atom. The normalized spacial score (nSPS) is 21.8. The zero-order valence-corrected chi connectivity index (χ0v) is 14.1. The number of fused-ring (bicyclic) bond motifs is 1. The van der Waals surface area contributed by atoms with Crippen LogP contribution in [0.2, 0.25) is 0 Å². The predicted octanol–water partition coefficient (Wildman–Crippen LogP) is 1.47. The van der Waals surface area contributed by atoms with Crippen LogP contribution in [0.15, 0.2) is 12.1 Å². The van der Waals surface area contributed by atoms with Gasteiger partial charge in [0.15, 0.2) is 0 Å². The number of anilines is 1. The highest BCUT2D eigenvalue weighted by molar-refractivity contribution is 5.65. The lowest BCUT2D eigenvalue weighted by molar-refractivity contribution is -0.384. The SMILES string of the molecule is CC1(C)Oc2cc([N+](=O)[O-])c(N)cc2C(NCCCCCN)C1O. The van der Waals surface area contributed by atoms with Crippen molar-refractivity contribution >= 4 is 11.4 Å². The van der Waals surface area contributed by atoms with Crippen LogP contribution in [0.1, 0.15) is 44.7 Å². The van der Waals surface area contributed by atoms with Crippen molar-refractivity contribution < 1.29 is 14.8 Å². The molecule has 0 spiro atoms. The molecule has 0 aromatic heterocycles. The van der Waals surface area contributed by atoms with Crippen LogP contribution in [0.5, 0.6) is 5.75 Å². The van der Waals surface area contributed by atoms with E-state index in [9.17, 15) is 15.2 Å². The Kier molecular flexibility index (Phi) is 5.63. The molecule has 2 rings (SSSR count). The molecule has 8 nitrogen and oxygen atoms in total. The van der Waals surface area contributed by atoms with Crippen molar-refractivity contribution in [3.63, 3.8) is 0 Å². The van der Waals surface area contributed by atoms with Crippen molar-refractivity contribution in [1.29, 1.82) is 0 Å². The number of nitrogens with zero attached hydrogens (tertiary/aromatic N) is 1. The van der Waals surface area contributed by atoms with Crippen LogP contribution < -0.4 is 21.5 Å². The smallest absolute Gasteiger partial charge is 0.295 e. The summed E-state index contributed by atoms with van der Waals surface area (Å²) in [4.78, 5) is 10.5. The number of hydrogen-bond donors (Lipinski definition) is 4. The minimum Gasteiger partial charge on any atom is -0.484 e. The molecule has 134 valence electrons. The third-order valence-electron chi connectivity index (χ3n) is 4.34. The number of ether oxygens (including phenoxy) is 1. The predicted molar refractivity (Wildman–Crippen MR) is 91.9 cm³/mol. The van der Waals surface area contributed by atoms with Crippen LogP contribution in [-0.4, -0.2) is 34.8 Å². The molecular weight excluding hydrogens is 312 g/mol. The average Bonchev–Trinajstić information content (AvgIpc) is 2.50. The number of nitrogens with two attached hydrogens (primary N) is 2. The third kappa shape index (κ3) is 3.77. The Labute approximate surface area is 141 Å². The zero-order valence-electron chi connectivity index (χ0n) is 14.1. The van der Waals surface area contributed by atoms with Crippen molar-refractivity contribution in [3.8, 4) is 5.75 Å². The number of nitrogens with one attached hydrogen (secondary N) is 1. The van der Waals surface area contributed by atoms with Crippen molar-refractivity contribution in [1.82, 2.24) is 5.32 Å². The number of hydrogen-bond acceptors (Lipinski definition) is 7. The summed E-state index contributed by atoms with van der Waals surface area (Å²) in [6, 6.07) is 2.45. The van der Waals surface area contributed by atoms with E-state index in [4.69, 9.17) is 16.2 Å². The first-order valence-corrected chi connectivity index (χ1v) is 8.16. The maximum Gasteiger partial charge on any atom is 0.295 e. The minimum atomic E-state index is -0.869. The topological polar surface area (TPSA) is 137 Å². The van der Waals surface area contributed by atoms with Gasteiger partial charge in [0.05, 0.1) is 17.0 Å². The van der Waals surface area contributed by atoms with Gasteiger partial charge in [-0.05, 0) is 45.8 Å². The van der Waals surface area contributed by atoms with Gasteiger partial charge in [-0.3, -0.25) is 10.1 Å². The van der Waals surface area contributed by atoms with E-state index in [1.165, 1.54) is 12.1 Å². The molecule has 8 heteroatoms. The molecule has 6 N–H and O–H groups in total. The molecule has 0 aliphatic carbocycles. The molecule has 0 saturated carbocycles. The van der Waals surface area contributed by atoms with E-state index in [1.54, 1.807) is 13.8 Å². The highest BCUT2D eigenvalue weighted by Crippen LogP contribution is 2.43. The summed E-state index contributed by atoms with van der Waals surface area (Å²) in [5.74, 6) is 0.380. The Morgan fingerprint density at radius 1 is 1.38 bits per heavy atom. The summed E-state index contributed by atoms with van der Waals surface area (Å²) in [6.45, 7) is 4.88. The lowest BCUT2D eigenvalue weighted by atomic mass is 9.86. The van der Waals surface area contributed by atoms with Gasteiger partial charge in [0.2, 0.25) is 0 Å². The Hall–Kier alpha value is -1.90. The second kappa shape index (κ2) is 7.33. The average molecular weight is 338 g/mol. The fraction of sp³-hybridized carbons (Fsp3) is 0.625. The van der Waals surface area contributed by atoms with Crippen molar-refractivity contribution in [2.75, 3.05) is 18.8 Å². The summed E-state index contributed by atoms with van der Waals surface area (Å²) in [5.41, 5.74) is 10.9. The molecular formula is C16H26N4O4. The summed E-state index contributed by atoms with van der Waals surface area (Å²) < 4.78 is 5.79.